The molecule has 2 heterocycles. The van der Waals surface area contributed by atoms with Crippen LogP contribution in [0, 0.1) is 0 Å². The van der Waals surface area contributed by atoms with Gasteiger partial charge in [0.25, 0.3) is 5.91 Å². The normalized spacial score (nSPS) is 15.8. The molecule has 28 heavy (non-hydrogen) atoms. The Balaban J connectivity index is 1.67. The van der Waals surface area contributed by atoms with Gasteiger partial charge in [0.1, 0.15) is 0 Å². The quantitative estimate of drug-likeness (QED) is 0.649. The highest BCUT2D eigenvalue weighted by Gasteiger charge is 2.33. The Bertz CT molecular complexity index is 1010. The summed E-state index contributed by atoms with van der Waals surface area (Å²) < 4.78 is 0. The predicted octanol–water partition coefficient (Wildman–Crippen LogP) is 5.15. The van der Waals surface area contributed by atoms with Gasteiger partial charge in [-0.3, -0.25) is 9.59 Å². The van der Waals surface area contributed by atoms with Gasteiger partial charge in [0, 0.05) is 34.6 Å². The lowest BCUT2D eigenvalue weighted by atomic mass is 9.92. The number of nitrogens with one attached hydrogen (secondary N) is 1. The maximum absolute atomic E-state index is 13.3. The molecule has 0 saturated heterocycles. The lowest BCUT2D eigenvalue weighted by Gasteiger charge is -2.36. The Labute approximate surface area is 172 Å². The number of halogens is 1. The van der Waals surface area contributed by atoms with Crippen LogP contribution in [-0.4, -0.2) is 23.3 Å². The first kappa shape index (κ1) is 18.7. The molecule has 1 unspecified atom stereocenters. The van der Waals surface area contributed by atoms with E-state index in [-0.39, 0.29) is 17.9 Å². The van der Waals surface area contributed by atoms with Crippen LogP contribution in [0.5, 0.6) is 0 Å². The Morgan fingerprint density at radius 1 is 1.07 bits per heavy atom. The molecule has 0 bridgehead atoms. The van der Waals surface area contributed by atoms with E-state index in [1.54, 1.807) is 35.6 Å². The van der Waals surface area contributed by atoms with Gasteiger partial charge in [0.05, 0.1) is 6.04 Å². The Kier molecular flexibility index (Phi) is 5.20. The fourth-order valence-electron chi connectivity index (χ4n) is 3.60. The molecule has 0 radical (unpaired) electrons. The molecule has 1 N–H and O–H groups in total. The van der Waals surface area contributed by atoms with Crippen molar-refractivity contribution in [1.82, 2.24) is 4.90 Å². The van der Waals surface area contributed by atoms with Gasteiger partial charge in [-0.15, -0.1) is 11.3 Å². The zero-order chi connectivity index (χ0) is 19.7. The number of thiophene rings is 1. The summed E-state index contributed by atoms with van der Waals surface area (Å²) in [6, 6.07) is 16.7. The van der Waals surface area contributed by atoms with Crippen molar-refractivity contribution in [3.63, 3.8) is 0 Å². The summed E-state index contributed by atoms with van der Waals surface area (Å²) in [6.07, 6.45) is 0.854. The first-order valence-corrected chi connectivity index (χ1v) is 10.3. The number of hydrogen-bond acceptors (Lipinski definition) is 3. The Morgan fingerprint density at radius 3 is 2.46 bits per heavy atom. The molecule has 1 aromatic heterocycles. The van der Waals surface area contributed by atoms with Gasteiger partial charge in [0.2, 0.25) is 5.91 Å². The van der Waals surface area contributed by atoms with Crippen LogP contribution in [-0.2, 0) is 11.2 Å². The van der Waals surface area contributed by atoms with Gasteiger partial charge < -0.3 is 10.2 Å². The van der Waals surface area contributed by atoms with Crippen molar-refractivity contribution in [2.75, 3.05) is 11.9 Å². The molecule has 1 aliphatic rings. The molecule has 0 saturated carbocycles. The fourth-order valence-corrected chi connectivity index (χ4v) is 4.63. The molecule has 1 atom stereocenters. The summed E-state index contributed by atoms with van der Waals surface area (Å²) >= 11 is 7.81. The Morgan fingerprint density at radius 2 is 1.79 bits per heavy atom. The van der Waals surface area contributed by atoms with Crippen molar-refractivity contribution in [2.24, 2.45) is 0 Å². The average Bonchev–Trinajstić information content (AvgIpc) is 3.16. The minimum absolute atomic E-state index is 0.0221. The summed E-state index contributed by atoms with van der Waals surface area (Å²) in [5, 5.41) is 5.49. The van der Waals surface area contributed by atoms with Crippen LogP contribution in [0.4, 0.5) is 5.69 Å². The van der Waals surface area contributed by atoms with E-state index >= 15 is 0 Å². The van der Waals surface area contributed by atoms with Crippen LogP contribution < -0.4 is 5.32 Å². The number of anilines is 1. The molecule has 0 spiro atoms. The van der Waals surface area contributed by atoms with E-state index < -0.39 is 0 Å². The van der Waals surface area contributed by atoms with E-state index in [2.05, 4.69) is 16.8 Å². The number of carbonyl (C=O) groups excluding carboxylic acids is 2. The average molecular weight is 411 g/mol. The number of hydrogen-bond donors (Lipinski definition) is 1. The summed E-state index contributed by atoms with van der Waals surface area (Å²) in [5.74, 6) is -0.158. The molecule has 0 aliphatic carbocycles. The van der Waals surface area contributed by atoms with Crippen molar-refractivity contribution in [2.45, 2.75) is 19.4 Å². The topological polar surface area (TPSA) is 49.4 Å². The van der Waals surface area contributed by atoms with Crippen LogP contribution in [0.1, 0.15) is 39.3 Å². The summed E-state index contributed by atoms with van der Waals surface area (Å²) in [7, 11) is 0. The predicted molar refractivity (Wildman–Crippen MR) is 113 cm³/mol. The number of fused-ring (bicyclic) bond motifs is 1. The molecule has 3 aromatic rings. The number of rotatable bonds is 3. The number of benzene rings is 2. The van der Waals surface area contributed by atoms with Crippen LogP contribution in [0.3, 0.4) is 0 Å². The highest BCUT2D eigenvalue weighted by atomic mass is 35.5. The third-order valence-corrected chi connectivity index (χ3v) is 6.11. The van der Waals surface area contributed by atoms with Crippen molar-refractivity contribution in [3.8, 4) is 0 Å². The smallest absolute Gasteiger partial charge is 0.254 e. The van der Waals surface area contributed by atoms with E-state index in [1.165, 1.54) is 17.4 Å². The van der Waals surface area contributed by atoms with Gasteiger partial charge >= 0.3 is 0 Å². The highest BCUT2D eigenvalue weighted by Crippen LogP contribution is 2.38. The second kappa shape index (κ2) is 7.78. The third kappa shape index (κ3) is 3.68. The molecule has 6 heteroatoms. The standard InChI is InChI=1S/C22H19ClN2O2S/c1-14(26)24-18-8-4-16(5-9-18)22(27)25-12-10-20-19(11-13-28-20)21(25)15-2-6-17(23)7-3-15/h2-9,11,13,21H,10,12H2,1H3,(H,24,26). The molecule has 2 aromatic carbocycles. The summed E-state index contributed by atoms with van der Waals surface area (Å²) in [4.78, 5) is 27.8. The van der Waals surface area contributed by atoms with Crippen LogP contribution >= 0.6 is 22.9 Å². The summed E-state index contributed by atoms with van der Waals surface area (Å²) in [6.45, 7) is 2.12. The molecule has 4 nitrogen and oxygen atoms in total. The van der Waals surface area contributed by atoms with E-state index in [0.29, 0.717) is 22.8 Å². The van der Waals surface area contributed by atoms with E-state index in [0.717, 1.165) is 12.0 Å². The van der Waals surface area contributed by atoms with Crippen molar-refractivity contribution in [1.29, 1.82) is 0 Å². The largest absolute Gasteiger partial charge is 0.327 e. The van der Waals surface area contributed by atoms with Crippen LogP contribution in [0.15, 0.2) is 60.0 Å². The molecule has 142 valence electrons. The minimum atomic E-state index is -0.136. The van der Waals surface area contributed by atoms with Crippen molar-refractivity contribution >= 4 is 40.4 Å². The SMILES string of the molecule is CC(=O)Nc1ccc(C(=O)N2CCc3sccc3C2c2ccc(Cl)cc2)cc1. The highest BCUT2D eigenvalue weighted by molar-refractivity contribution is 7.10. The lowest BCUT2D eigenvalue weighted by molar-refractivity contribution is -0.114. The summed E-state index contributed by atoms with van der Waals surface area (Å²) in [5.41, 5.74) is 3.51. The number of carbonyl (C=O) groups is 2. The van der Waals surface area contributed by atoms with Gasteiger partial charge in [-0.25, -0.2) is 0 Å². The van der Waals surface area contributed by atoms with E-state index in [9.17, 15) is 9.59 Å². The second-order valence-electron chi connectivity index (χ2n) is 6.76. The third-order valence-electron chi connectivity index (χ3n) is 4.86. The fraction of sp³-hybridized carbons (Fsp3) is 0.182. The zero-order valence-corrected chi connectivity index (χ0v) is 16.9. The van der Waals surface area contributed by atoms with Gasteiger partial charge in [-0.05, 0) is 65.4 Å². The van der Waals surface area contributed by atoms with Crippen LogP contribution in [0.25, 0.3) is 0 Å². The number of amides is 2. The molecular formula is C22H19ClN2O2S. The van der Waals surface area contributed by atoms with Crippen molar-refractivity contribution < 1.29 is 9.59 Å². The zero-order valence-electron chi connectivity index (χ0n) is 15.3. The first-order chi connectivity index (χ1) is 13.5. The van der Waals surface area contributed by atoms with Crippen LogP contribution in [0.2, 0.25) is 5.02 Å². The molecular weight excluding hydrogens is 392 g/mol. The molecule has 1 aliphatic heterocycles. The monoisotopic (exact) mass is 410 g/mol. The number of nitrogens with zero attached hydrogens (tertiary/aromatic N) is 1. The molecule has 2 amide bonds. The van der Waals surface area contributed by atoms with Gasteiger partial charge in [0.15, 0.2) is 0 Å². The van der Waals surface area contributed by atoms with Gasteiger partial charge in [-0.1, -0.05) is 23.7 Å². The Hall–Kier alpha value is -2.63. The minimum Gasteiger partial charge on any atom is -0.327 e. The lowest BCUT2D eigenvalue weighted by Crippen LogP contribution is -2.40. The van der Waals surface area contributed by atoms with Crippen molar-refractivity contribution in [3.05, 3.63) is 86.6 Å². The maximum atomic E-state index is 13.3. The van der Waals surface area contributed by atoms with E-state index in [1.807, 2.05) is 29.2 Å². The first-order valence-electron chi connectivity index (χ1n) is 9.03. The molecule has 4 rings (SSSR count). The molecule has 0 fully saturated rings. The second-order valence-corrected chi connectivity index (χ2v) is 8.20. The van der Waals surface area contributed by atoms with Gasteiger partial charge in [-0.2, -0.15) is 0 Å². The maximum Gasteiger partial charge on any atom is 0.254 e. The van der Waals surface area contributed by atoms with E-state index in [4.69, 9.17) is 11.6 Å².